The minimum atomic E-state index is -0.0427. The second-order valence-electron chi connectivity index (χ2n) is 4.35. The summed E-state index contributed by atoms with van der Waals surface area (Å²) in [5.41, 5.74) is -0.0427. The maximum Gasteiger partial charge on any atom is 0.155 e. The van der Waals surface area contributed by atoms with Crippen molar-refractivity contribution in [2.75, 3.05) is 24.6 Å². The van der Waals surface area contributed by atoms with Gasteiger partial charge in [0.15, 0.2) is 5.78 Å². The van der Waals surface area contributed by atoms with Crippen molar-refractivity contribution in [3.05, 3.63) is 0 Å². The molecule has 1 atom stereocenters. The van der Waals surface area contributed by atoms with Crippen molar-refractivity contribution in [1.82, 2.24) is 4.90 Å². The lowest BCUT2D eigenvalue weighted by Gasteiger charge is -2.39. The Kier molecular flexibility index (Phi) is 3.17. The lowest BCUT2D eigenvalue weighted by atomic mass is 9.91. The molecule has 0 bridgehead atoms. The van der Waals surface area contributed by atoms with E-state index in [2.05, 4.69) is 11.8 Å². The fraction of sp³-hybridized carbons (Fsp3) is 0.909. The van der Waals surface area contributed by atoms with Gasteiger partial charge in [-0.3, -0.25) is 9.69 Å². The molecule has 14 heavy (non-hydrogen) atoms. The topological polar surface area (TPSA) is 20.3 Å². The molecule has 0 saturated carbocycles. The first-order chi connectivity index (χ1) is 6.79. The highest BCUT2D eigenvalue weighted by Crippen LogP contribution is 2.37. The lowest BCUT2D eigenvalue weighted by Crippen LogP contribution is -2.52. The average Bonchev–Trinajstić information content (AvgIpc) is 2.49. The van der Waals surface area contributed by atoms with Crippen LogP contribution in [0.5, 0.6) is 0 Å². The Morgan fingerprint density at radius 1 is 1.57 bits per heavy atom. The Bertz CT molecular complexity index is 223. The SMILES string of the molecule is CCCN1CCC(=O)C12CCCSC2. The molecule has 2 saturated heterocycles. The van der Waals surface area contributed by atoms with Crippen LogP contribution in [-0.4, -0.2) is 40.8 Å². The summed E-state index contributed by atoms with van der Waals surface area (Å²) in [4.78, 5) is 14.4. The Labute approximate surface area is 90.4 Å². The first-order valence-corrected chi connectivity index (χ1v) is 6.81. The minimum absolute atomic E-state index is 0.0427. The molecule has 0 amide bonds. The number of hydrogen-bond acceptors (Lipinski definition) is 3. The largest absolute Gasteiger partial charge is 0.298 e. The van der Waals surface area contributed by atoms with E-state index in [0.29, 0.717) is 5.78 Å². The summed E-state index contributed by atoms with van der Waals surface area (Å²) in [6.07, 6.45) is 4.29. The molecule has 0 aromatic heterocycles. The van der Waals surface area contributed by atoms with Crippen LogP contribution in [0.2, 0.25) is 0 Å². The number of carbonyl (C=O) groups excluding carboxylic acids is 1. The monoisotopic (exact) mass is 213 g/mol. The molecular formula is C11H19NOS. The van der Waals surface area contributed by atoms with Crippen molar-refractivity contribution < 1.29 is 4.79 Å². The highest BCUT2D eigenvalue weighted by Gasteiger charge is 2.48. The van der Waals surface area contributed by atoms with E-state index in [-0.39, 0.29) is 5.54 Å². The highest BCUT2D eigenvalue weighted by atomic mass is 32.2. The van der Waals surface area contributed by atoms with Gasteiger partial charge in [0.1, 0.15) is 0 Å². The Morgan fingerprint density at radius 2 is 2.43 bits per heavy atom. The van der Waals surface area contributed by atoms with Crippen LogP contribution < -0.4 is 0 Å². The third-order valence-electron chi connectivity index (χ3n) is 3.45. The summed E-state index contributed by atoms with van der Waals surface area (Å²) in [6.45, 7) is 4.31. The number of ketones is 1. The maximum atomic E-state index is 12.0. The Balaban J connectivity index is 2.13. The number of carbonyl (C=O) groups is 1. The first kappa shape index (κ1) is 10.5. The fourth-order valence-electron chi connectivity index (χ4n) is 2.70. The molecule has 0 N–H and O–H groups in total. The van der Waals surface area contributed by atoms with Crippen molar-refractivity contribution in [2.24, 2.45) is 0 Å². The molecule has 80 valence electrons. The molecule has 2 aliphatic rings. The molecule has 2 rings (SSSR count). The van der Waals surface area contributed by atoms with Gasteiger partial charge in [0.2, 0.25) is 0 Å². The van der Waals surface area contributed by atoms with Gasteiger partial charge in [-0.2, -0.15) is 11.8 Å². The van der Waals surface area contributed by atoms with Crippen molar-refractivity contribution in [2.45, 2.75) is 38.1 Å². The predicted molar refractivity (Wildman–Crippen MR) is 60.8 cm³/mol. The highest BCUT2D eigenvalue weighted by molar-refractivity contribution is 7.99. The molecule has 1 unspecified atom stereocenters. The molecule has 3 heteroatoms. The standard InChI is InChI=1S/C11H19NOS/c1-2-6-12-7-4-10(13)11(12)5-3-8-14-9-11/h2-9H2,1H3. The van der Waals surface area contributed by atoms with Crippen LogP contribution >= 0.6 is 11.8 Å². The Morgan fingerprint density at radius 3 is 3.07 bits per heavy atom. The number of likely N-dealkylation sites (tertiary alicyclic amines) is 1. The fourth-order valence-corrected chi connectivity index (χ4v) is 4.02. The van der Waals surface area contributed by atoms with Crippen LogP contribution in [0.25, 0.3) is 0 Å². The van der Waals surface area contributed by atoms with Crippen molar-refractivity contribution in [3.63, 3.8) is 0 Å². The normalized spacial score (nSPS) is 34.2. The molecular weight excluding hydrogens is 194 g/mol. The zero-order chi connectivity index (χ0) is 10.0. The van der Waals surface area contributed by atoms with E-state index in [9.17, 15) is 4.79 Å². The second-order valence-corrected chi connectivity index (χ2v) is 5.45. The maximum absolute atomic E-state index is 12.0. The van der Waals surface area contributed by atoms with E-state index in [1.807, 2.05) is 11.8 Å². The van der Waals surface area contributed by atoms with Gasteiger partial charge in [0, 0.05) is 18.7 Å². The third kappa shape index (κ3) is 1.61. The van der Waals surface area contributed by atoms with Gasteiger partial charge in [-0.1, -0.05) is 6.92 Å². The number of Topliss-reactive ketones (excluding diaryl/α,β-unsaturated/α-hetero) is 1. The van der Waals surface area contributed by atoms with Gasteiger partial charge in [-0.15, -0.1) is 0 Å². The zero-order valence-electron chi connectivity index (χ0n) is 8.92. The molecule has 0 radical (unpaired) electrons. The van der Waals surface area contributed by atoms with Crippen molar-refractivity contribution in [1.29, 1.82) is 0 Å². The van der Waals surface area contributed by atoms with E-state index < -0.39 is 0 Å². The van der Waals surface area contributed by atoms with E-state index >= 15 is 0 Å². The van der Waals surface area contributed by atoms with Gasteiger partial charge in [0.25, 0.3) is 0 Å². The number of rotatable bonds is 2. The molecule has 0 aromatic rings. The minimum Gasteiger partial charge on any atom is -0.298 e. The van der Waals surface area contributed by atoms with E-state index in [0.717, 1.165) is 31.7 Å². The van der Waals surface area contributed by atoms with Gasteiger partial charge in [-0.25, -0.2) is 0 Å². The quantitative estimate of drug-likeness (QED) is 0.699. The molecule has 0 aliphatic carbocycles. The Hall–Kier alpha value is -0.0200. The van der Waals surface area contributed by atoms with Crippen LogP contribution in [0.15, 0.2) is 0 Å². The van der Waals surface area contributed by atoms with Crippen LogP contribution in [0.4, 0.5) is 0 Å². The van der Waals surface area contributed by atoms with Crippen molar-refractivity contribution in [3.8, 4) is 0 Å². The van der Waals surface area contributed by atoms with E-state index in [1.165, 1.54) is 18.6 Å². The predicted octanol–water partition coefficient (Wildman–Crippen LogP) is 1.94. The second kappa shape index (κ2) is 4.23. The molecule has 2 aliphatic heterocycles. The summed E-state index contributed by atoms with van der Waals surface area (Å²) in [5, 5.41) is 0. The summed E-state index contributed by atoms with van der Waals surface area (Å²) >= 11 is 1.96. The number of hydrogen-bond donors (Lipinski definition) is 0. The molecule has 1 spiro atoms. The van der Waals surface area contributed by atoms with Crippen LogP contribution in [-0.2, 0) is 4.79 Å². The summed E-state index contributed by atoms with van der Waals surface area (Å²) in [7, 11) is 0. The number of thioether (sulfide) groups is 1. The van der Waals surface area contributed by atoms with Crippen LogP contribution in [0.3, 0.4) is 0 Å². The van der Waals surface area contributed by atoms with Crippen LogP contribution in [0.1, 0.15) is 32.6 Å². The first-order valence-electron chi connectivity index (χ1n) is 5.66. The molecule has 2 fully saturated rings. The average molecular weight is 213 g/mol. The van der Waals surface area contributed by atoms with Crippen molar-refractivity contribution >= 4 is 17.5 Å². The van der Waals surface area contributed by atoms with E-state index in [1.54, 1.807) is 0 Å². The summed E-state index contributed by atoms with van der Waals surface area (Å²) in [6, 6.07) is 0. The van der Waals surface area contributed by atoms with Gasteiger partial charge >= 0.3 is 0 Å². The zero-order valence-corrected chi connectivity index (χ0v) is 9.74. The summed E-state index contributed by atoms with van der Waals surface area (Å²) < 4.78 is 0. The van der Waals surface area contributed by atoms with Crippen LogP contribution in [0, 0.1) is 0 Å². The van der Waals surface area contributed by atoms with E-state index in [4.69, 9.17) is 0 Å². The molecule has 0 aromatic carbocycles. The third-order valence-corrected chi connectivity index (χ3v) is 4.71. The lowest BCUT2D eigenvalue weighted by molar-refractivity contribution is -0.124. The van der Waals surface area contributed by atoms with Gasteiger partial charge in [-0.05, 0) is 31.6 Å². The van der Waals surface area contributed by atoms with Gasteiger partial charge < -0.3 is 0 Å². The number of nitrogens with zero attached hydrogens (tertiary/aromatic N) is 1. The van der Waals surface area contributed by atoms with Gasteiger partial charge in [0.05, 0.1) is 5.54 Å². The smallest absolute Gasteiger partial charge is 0.155 e. The summed E-state index contributed by atoms with van der Waals surface area (Å²) in [5.74, 6) is 2.80. The molecule has 2 heterocycles. The molecule has 2 nitrogen and oxygen atoms in total.